The maximum absolute atomic E-state index is 12.0. The largest absolute Gasteiger partial charge is 0.497 e. The summed E-state index contributed by atoms with van der Waals surface area (Å²) in [5.41, 5.74) is 0. The minimum atomic E-state index is -0.135. The molecule has 1 aromatic heterocycles. The van der Waals surface area contributed by atoms with Gasteiger partial charge >= 0.3 is 5.97 Å². The molecule has 28 heavy (non-hydrogen) atoms. The van der Waals surface area contributed by atoms with Gasteiger partial charge in [-0.05, 0) is 62.8 Å². The Hall–Kier alpha value is -2.39. The fraction of sp³-hybridized carbons (Fsp3) is 0.526. The number of carbonyl (C=O) groups excluding carboxylic acids is 1. The highest BCUT2D eigenvalue weighted by Gasteiger charge is 2.27. The highest BCUT2D eigenvalue weighted by Crippen LogP contribution is 2.20. The fourth-order valence-electron chi connectivity index (χ4n) is 3.14. The van der Waals surface area contributed by atoms with Gasteiger partial charge in [0.2, 0.25) is 0 Å². The van der Waals surface area contributed by atoms with Crippen molar-refractivity contribution in [3.63, 3.8) is 0 Å². The summed E-state index contributed by atoms with van der Waals surface area (Å²) in [5, 5.41) is 4.40. The van der Waals surface area contributed by atoms with Gasteiger partial charge in [0.25, 0.3) is 10.7 Å². The second kappa shape index (κ2) is 9.70. The van der Waals surface area contributed by atoms with Crippen LogP contribution in [0.3, 0.4) is 0 Å². The predicted molar refractivity (Wildman–Crippen MR) is 104 cm³/mol. The van der Waals surface area contributed by atoms with Crippen LogP contribution >= 0.6 is 12.2 Å². The highest BCUT2D eigenvalue weighted by molar-refractivity contribution is 7.71. The average molecular weight is 407 g/mol. The molecule has 2 heterocycles. The molecule has 2 aromatic rings. The Bertz CT molecular complexity index is 833. The van der Waals surface area contributed by atoms with Crippen LogP contribution in [0.1, 0.15) is 25.7 Å². The molecule has 1 saturated heterocycles. The van der Waals surface area contributed by atoms with E-state index < -0.39 is 0 Å². The number of rotatable bonds is 8. The van der Waals surface area contributed by atoms with Crippen molar-refractivity contribution in [3.8, 4) is 11.5 Å². The molecule has 0 radical (unpaired) electrons. The van der Waals surface area contributed by atoms with Gasteiger partial charge in [0, 0.05) is 6.54 Å². The molecule has 1 aliphatic rings. The zero-order valence-corrected chi connectivity index (χ0v) is 16.9. The first-order chi connectivity index (χ1) is 13.6. The molecule has 1 aromatic carbocycles. The van der Waals surface area contributed by atoms with Crippen LogP contribution < -0.4 is 9.47 Å². The lowest BCUT2D eigenvalue weighted by molar-refractivity contribution is -0.150. The molecule has 0 aliphatic carbocycles. The van der Waals surface area contributed by atoms with Crippen LogP contribution in [0.2, 0.25) is 0 Å². The molecule has 1 fully saturated rings. The molecule has 1 atom stereocenters. The van der Waals surface area contributed by atoms with Crippen molar-refractivity contribution < 1.29 is 23.4 Å². The molecule has 1 aliphatic heterocycles. The maximum Gasteiger partial charge on any atom is 0.310 e. The zero-order chi connectivity index (χ0) is 19.9. The van der Waals surface area contributed by atoms with Gasteiger partial charge in [0.05, 0.1) is 26.3 Å². The molecule has 152 valence electrons. The molecule has 3 rings (SSSR count). The minimum absolute atomic E-state index is 0.104. The lowest BCUT2D eigenvalue weighted by Crippen LogP contribution is -2.40. The molecule has 0 amide bonds. The lowest BCUT2D eigenvalue weighted by atomic mass is 9.99. The smallest absolute Gasteiger partial charge is 0.310 e. The number of methoxy groups -OCH3 is 1. The highest BCUT2D eigenvalue weighted by atomic mass is 32.1. The summed E-state index contributed by atoms with van der Waals surface area (Å²) < 4.78 is 23.1. The number of benzene rings is 1. The van der Waals surface area contributed by atoms with Crippen molar-refractivity contribution in [2.75, 3.05) is 26.8 Å². The Morgan fingerprint density at radius 2 is 2.07 bits per heavy atom. The number of carbonyl (C=O) groups is 1. The van der Waals surface area contributed by atoms with E-state index in [9.17, 15) is 4.79 Å². The van der Waals surface area contributed by atoms with Crippen molar-refractivity contribution >= 4 is 18.2 Å². The number of hydrogen-bond donors (Lipinski definition) is 0. The third-order valence-electron chi connectivity index (χ3n) is 4.53. The van der Waals surface area contributed by atoms with Crippen molar-refractivity contribution in [2.45, 2.75) is 33.0 Å². The van der Waals surface area contributed by atoms with Gasteiger partial charge in [0.15, 0.2) is 6.61 Å². The van der Waals surface area contributed by atoms with Gasteiger partial charge in [0.1, 0.15) is 11.5 Å². The zero-order valence-electron chi connectivity index (χ0n) is 16.1. The van der Waals surface area contributed by atoms with E-state index in [1.807, 2.05) is 31.2 Å². The number of esters is 1. The molecular formula is C19H25N3O5S. The van der Waals surface area contributed by atoms with Gasteiger partial charge in [-0.1, -0.05) is 0 Å². The van der Waals surface area contributed by atoms with E-state index in [1.165, 1.54) is 0 Å². The van der Waals surface area contributed by atoms with E-state index in [0.717, 1.165) is 25.1 Å². The first-order valence-corrected chi connectivity index (χ1v) is 9.72. The summed E-state index contributed by atoms with van der Waals surface area (Å²) in [6.07, 6.45) is 1.78. The molecule has 0 spiro atoms. The van der Waals surface area contributed by atoms with Crippen LogP contribution in [-0.2, 0) is 22.8 Å². The molecule has 0 N–H and O–H groups in total. The van der Waals surface area contributed by atoms with E-state index >= 15 is 0 Å². The van der Waals surface area contributed by atoms with Crippen LogP contribution in [0.15, 0.2) is 28.7 Å². The molecule has 0 unspecified atom stereocenters. The van der Waals surface area contributed by atoms with E-state index in [2.05, 4.69) is 10.00 Å². The molecular weight excluding hydrogens is 382 g/mol. The monoisotopic (exact) mass is 407 g/mol. The Balaban J connectivity index is 1.56. The fourth-order valence-corrected chi connectivity index (χ4v) is 3.33. The number of hydrogen-bond acceptors (Lipinski definition) is 8. The second-order valence-electron chi connectivity index (χ2n) is 6.54. The van der Waals surface area contributed by atoms with Crippen LogP contribution in [0.25, 0.3) is 0 Å². The molecule has 8 nitrogen and oxygen atoms in total. The second-order valence-corrected chi connectivity index (χ2v) is 6.88. The normalized spacial score (nSPS) is 17.3. The van der Waals surface area contributed by atoms with E-state index in [1.54, 1.807) is 11.8 Å². The van der Waals surface area contributed by atoms with Gasteiger partial charge in [-0.3, -0.25) is 9.69 Å². The van der Waals surface area contributed by atoms with Crippen LogP contribution in [-0.4, -0.2) is 47.5 Å². The summed E-state index contributed by atoms with van der Waals surface area (Å²) in [7, 11) is 1.61. The summed E-state index contributed by atoms with van der Waals surface area (Å²) in [6, 6.07) is 7.27. The van der Waals surface area contributed by atoms with E-state index in [0.29, 0.717) is 31.5 Å². The number of likely N-dealkylation sites (tertiary alicyclic amines) is 1. The Labute approximate surface area is 169 Å². The predicted octanol–water partition coefficient (Wildman–Crippen LogP) is 3.03. The first kappa shape index (κ1) is 20.3. The quantitative estimate of drug-likeness (QED) is 0.488. The maximum atomic E-state index is 12.0. The average Bonchev–Trinajstić information content (AvgIpc) is 3.06. The number of ether oxygens (including phenoxy) is 3. The van der Waals surface area contributed by atoms with Gasteiger partial charge < -0.3 is 18.6 Å². The minimum Gasteiger partial charge on any atom is -0.497 e. The summed E-state index contributed by atoms with van der Waals surface area (Å²) in [6.45, 7) is 4.38. The Kier molecular flexibility index (Phi) is 7.05. The standard InChI is InChI=1S/C19H25N3O5S/c1-3-25-18(23)14-5-4-10-21(11-14)13-22-19(28)27-17(20-22)12-26-16-8-6-15(24-2)7-9-16/h6-9,14H,3-5,10-13H2,1-2H3/t14-/m0/s1. The lowest BCUT2D eigenvalue weighted by Gasteiger charge is -2.30. The van der Waals surface area contributed by atoms with Crippen molar-refractivity contribution in [1.82, 2.24) is 14.7 Å². The third kappa shape index (κ3) is 5.32. The van der Waals surface area contributed by atoms with Gasteiger partial charge in [-0.2, -0.15) is 0 Å². The third-order valence-corrected chi connectivity index (χ3v) is 4.82. The topological polar surface area (TPSA) is 79.0 Å². The van der Waals surface area contributed by atoms with E-state index in [-0.39, 0.29) is 23.3 Å². The summed E-state index contributed by atoms with van der Waals surface area (Å²) in [4.78, 5) is 14.4. The number of aromatic nitrogens is 2. The molecule has 0 saturated carbocycles. The van der Waals surface area contributed by atoms with Crippen molar-refractivity contribution in [1.29, 1.82) is 0 Å². The molecule has 0 bridgehead atoms. The number of piperidine rings is 1. The Morgan fingerprint density at radius 1 is 1.32 bits per heavy atom. The first-order valence-electron chi connectivity index (χ1n) is 9.31. The van der Waals surface area contributed by atoms with Gasteiger partial charge in [-0.15, -0.1) is 5.10 Å². The van der Waals surface area contributed by atoms with Crippen LogP contribution in [0.4, 0.5) is 0 Å². The summed E-state index contributed by atoms with van der Waals surface area (Å²) >= 11 is 5.27. The number of nitrogens with zero attached hydrogens (tertiary/aromatic N) is 3. The van der Waals surface area contributed by atoms with Crippen LogP contribution in [0.5, 0.6) is 11.5 Å². The summed E-state index contributed by atoms with van der Waals surface area (Å²) in [5.74, 6) is 1.61. The van der Waals surface area contributed by atoms with Crippen molar-refractivity contribution in [3.05, 3.63) is 35.0 Å². The van der Waals surface area contributed by atoms with E-state index in [4.69, 9.17) is 30.8 Å². The van der Waals surface area contributed by atoms with Gasteiger partial charge in [-0.25, -0.2) is 4.68 Å². The van der Waals surface area contributed by atoms with Crippen LogP contribution in [0, 0.1) is 10.8 Å². The Morgan fingerprint density at radius 3 is 2.79 bits per heavy atom. The SMILES string of the molecule is CCOC(=O)[C@H]1CCCN(Cn2nc(COc3ccc(OC)cc3)oc2=S)C1. The van der Waals surface area contributed by atoms with Crippen molar-refractivity contribution in [2.24, 2.45) is 5.92 Å². The molecule has 9 heteroatoms.